The standard InChI is InChI=1S/C22H30N4O2.ClH/c1-16-17(18-14-20(27-2)21(28-3)15-19(18)24-16)7-9-25-10-12-26(13-11-25)22-6-4-5-8-23-22;/h4-6,8,14-17,24H,7,9-13H2,1-3H3;1H/t16-,17+;/m1./s1. The van der Waals surface area contributed by atoms with E-state index in [-0.39, 0.29) is 12.4 Å². The first-order chi connectivity index (χ1) is 13.7. The van der Waals surface area contributed by atoms with Crippen LogP contribution in [0.5, 0.6) is 11.5 Å². The van der Waals surface area contributed by atoms with Gasteiger partial charge in [0.15, 0.2) is 11.5 Å². The monoisotopic (exact) mass is 418 g/mol. The molecule has 0 amide bonds. The Labute approximate surface area is 179 Å². The maximum atomic E-state index is 5.52. The molecule has 1 saturated heterocycles. The Morgan fingerprint density at radius 2 is 1.79 bits per heavy atom. The fraction of sp³-hybridized carbons (Fsp3) is 0.500. The van der Waals surface area contributed by atoms with Crippen LogP contribution in [0.1, 0.15) is 24.8 Å². The minimum Gasteiger partial charge on any atom is -0.493 e. The van der Waals surface area contributed by atoms with Gasteiger partial charge in [0.25, 0.3) is 0 Å². The third-order valence-electron chi connectivity index (χ3n) is 6.04. The summed E-state index contributed by atoms with van der Waals surface area (Å²) in [6.45, 7) is 7.63. The van der Waals surface area contributed by atoms with E-state index in [2.05, 4.69) is 51.3 Å². The van der Waals surface area contributed by atoms with Crippen LogP contribution in [0.4, 0.5) is 11.5 Å². The van der Waals surface area contributed by atoms with E-state index in [0.717, 1.165) is 56.5 Å². The largest absolute Gasteiger partial charge is 0.493 e. The highest BCUT2D eigenvalue weighted by atomic mass is 35.5. The summed E-state index contributed by atoms with van der Waals surface area (Å²) in [5.41, 5.74) is 2.52. The first-order valence-electron chi connectivity index (χ1n) is 10.1. The van der Waals surface area contributed by atoms with Gasteiger partial charge in [0.2, 0.25) is 0 Å². The molecule has 1 aromatic heterocycles. The summed E-state index contributed by atoms with van der Waals surface area (Å²) < 4.78 is 11.0. The lowest BCUT2D eigenvalue weighted by Gasteiger charge is -2.36. The summed E-state index contributed by atoms with van der Waals surface area (Å²) in [6.07, 6.45) is 3.01. The fourth-order valence-corrected chi connectivity index (χ4v) is 4.41. The van der Waals surface area contributed by atoms with Crippen molar-refractivity contribution >= 4 is 23.9 Å². The number of hydrogen-bond donors (Lipinski definition) is 1. The number of anilines is 2. The summed E-state index contributed by atoms with van der Waals surface area (Å²) in [5.74, 6) is 3.17. The van der Waals surface area contributed by atoms with Crippen LogP contribution >= 0.6 is 12.4 Å². The van der Waals surface area contributed by atoms with Gasteiger partial charge in [0.05, 0.1) is 14.2 Å². The number of piperazine rings is 1. The van der Waals surface area contributed by atoms with Crippen molar-refractivity contribution < 1.29 is 9.47 Å². The van der Waals surface area contributed by atoms with E-state index in [9.17, 15) is 0 Å². The topological polar surface area (TPSA) is 49.9 Å². The second-order valence-electron chi connectivity index (χ2n) is 7.64. The van der Waals surface area contributed by atoms with Crippen LogP contribution in [0.3, 0.4) is 0 Å². The number of nitrogens with one attached hydrogen (secondary N) is 1. The summed E-state index contributed by atoms with van der Waals surface area (Å²) in [5, 5.41) is 3.62. The first-order valence-corrected chi connectivity index (χ1v) is 10.1. The quantitative estimate of drug-likeness (QED) is 0.773. The number of methoxy groups -OCH3 is 2. The van der Waals surface area contributed by atoms with Crippen LogP contribution in [0, 0.1) is 0 Å². The Morgan fingerprint density at radius 1 is 1.07 bits per heavy atom. The van der Waals surface area contributed by atoms with Crippen LogP contribution in [-0.4, -0.2) is 62.9 Å². The molecule has 4 rings (SSSR count). The van der Waals surface area contributed by atoms with Crippen molar-refractivity contribution in [1.82, 2.24) is 9.88 Å². The molecule has 29 heavy (non-hydrogen) atoms. The van der Waals surface area contributed by atoms with Gasteiger partial charge in [-0.1, -0.05) is 6.07 Å². The van der Waals surface area contributed by atoms with E-state index < -0.39 is 0 Å². The predicted molar refractivity (Wildman–Crippen MR) is 120 cm³/mol. The van der Waals surface area contributed by atoms with Gasteiger partial charge < -0.3 is 19.7 Å². The number of aromatic nitrogens is 1. The van der Waals surface area contributed by atoms with Crippen LogP contribution in [0.15, 0.2) is 36.5 Å². The van der Waals surface area contributed by atoms with Crippen molar-refractivity contribution in [2.24, 2.45) is 0 Å². The van der Waals surface area contributed by atoms with Gasteiger partial charge in [0.1, 0.15) is 5.82 Å². The molecule has 6 nitrogen and oxygen atoms in total. The van der Waals surface area contributed by atoms with Crippen molar-refractivity contribution in [3.8, 4) is 11.5 Å². The highest BCUT2D eigenvalue weighted by molar-refractivity contribution is 5.85. The molecule has 2 aromatic rings. The molecule has 1 fully saturated rings. The molecule has 2 aliphatic rings. The van der Waals surface area contributed by atoms with E-state index >= 15 is 0 Å². The summed E-state index contributed by atoms with van der Waals surface area (Å²) >= 11 is 0. The number of ether oxygens (including phenoxy) is 2. The molecule has 0 radical (unpaired) electrons. The van der Waals surface area contributed by atoms with Gasteiger partial charge in [-0.05, 0) is 43.7 Å². The number of fused-ring (bicyclic) bond motifs is 1. The predicted octanol–water partition coefficient (Wildman–Crippen LogP) is 3.63. The number of benzene rings is 1. The van der Waals surface area contributed by atoms with Crippen molar-refractivity contribution in [1.29, 1.82) is 0 Å². The Bertz CT molecular complexity index is 797. The first kappa shape index (κ1) is 21.5. The number of nitrogens with zero attached hydrogens (tertiary/aromatic N) is 3. The number of hydrogen-bond acceptors (Lipinski definition) is 6. The third-order valence-corrected chi connectivity index (χ3v) is 6.04. The molecule has 3 heterocycles. The third kappa shape index (κ3) is 4.54. The van der Waals surface area contributed by atoms with Gasteiger partial charge in [-0.25, -0.2) is 4.98 Å². The second kappa shape index (κ2) is 9.55. The maximum absolute atomic E-state index is 5.52. The van der Waals surface area contributed by atoms with Crippen LogP contribution in [-0.2, 0) is 0 Å². The second-order valence-corrected chi connectivity index (χ2v) is 7.64. The molecular formula is C22H31ClN4O2. The lowest BCUT2D eigenvalue weighted by molar-refractivity contribution is 0.246. The van der Waals surface area contributed by atoms with Gasteiger partial charge >= 0.3 is 0 Å². The number of halogens is 1. The SMILES string of the molecule is COc1cc2c(cc1OC)[C@@H](CCN1CCN(c3ccccn3)CC1)[C@@H](C)N2.Cl. The van der Waals surface area contributed by atoms with Gasteiger partial charge in [-0.2, -0.15) is 0 Å². The van der Waals surface area contributed by atoms with Crippen molar-refractivity contribution in [2.75, 3.05) is 57.2 Å². The van der Waals surface area contributed by atoms with Crippen molar-refractivity contribution in [2.45, 2.75) is 25.3 Å². The van der Waals surface area contributed by atoms with E-state index in [1.165, 1.54) is 11.3 Å². The smallest absolute Gasteiger partial charge is 0.162 e. The highest BCUT2D eigenvalue weighted by Crippen LogP contribution is 2.44. The average molecular weight is 419 g/mol. The van der Waals surface area contributed by atoms with E-state index in [4.69, 9.17) is 9.47 Å². The zero-order valence-electron chi connectivity index (χ0n) is 17.4. The summed E-state index contributed by atoms with van der Waals surface area (Å²) in [4.78, 5) is 9.43. The average Bonchev–Trinajstić information content (AvgIpc) is 3.06. The molecule has 0 spiro atoms. The zero-order valence-corrected chi connectivity index (χ0v) is 18.2. The van der Waals surface area contributed by atoms with Gasteiger partial charge in [-0.3, -0.25) is 4.90 Å². The molecular weight excluding hydrogens is 388 g/mol. The van der Waals surface area contributed by atoms with Crippen molar-refractivity contribution in [3.63, 3.8) is 0 Å². The molecule has 7 heteroatoms. The molecule has 0 saturated carbocycles. The summed E-state index contributed by atoms with van der Waals surface area (Å²) in [7, 11) is 3.39. The van der Waals surface area contributed by atoms with Crippen LogP contribution < -0.4 is 19.7 Å². The molecule has 2 aliphatic heterocycles. The van der Waals surface area contributed by atoms with E-state index in [1.54, 1.807) is 14.2 Å². The Balaban J connectivity index is 0.00000240. The van der Waals surface area contributed by atoms with Gasteiger partial charge in [0, 0.05) is 56.1 Å². The maximum Gasteiger partial charge on any atom is 0.162 e. The molecule has 1 N–H and O–H groups in total. The Morgan fingerprint density at radius 3 is 2.45 bits per heavy atom. The lowest BCUT2D eigenvalue weighted by atomic mass is 9.92. The zero-order chi connectivity index (χ0) is 19.5. The lowest BCUT2D eigenvalue weighted by Crippen LogP contribution is -2.47. The number of rotatable bonds is 6. The van der Waals surface area contributed by atoms with E-state index in [1.807, 2.05) is 12.3 Å². The molecule has 0 bridgehead atoms. The molecule has 0 aliphatic carbocycles. The Kier molecular flexibility index (Phi) is 7.09. The normalized spacial score (nSPS) is 21.1. The molecule has 2 atom stereocenters. The highest BCUT2D eigenvalue weighted by Gasteiger charge is 2.31. The van der Waals surface area contributed by atoms with Crippen LogP contribution in [0.25, 0.3) is 0 Å². The Hall–Kier alpha value is -2.18. The fourth-order valence-electron chi connectivity index (χ4n) is 4.41. The molecule has 0 unspecified atom stereocenters. The summed E-state index contributed by atoms with van der Waals surface area (Å²) in [6, 6.07) is 10.8. The van der Waals surface area contributed by atoms with E-state index in [0.29, 0.717) is 12.0 Å². The molecule has 158 valence electrons. The number of pyridine rings is 1. The van der Waals surface area contributed by atoms with Crippen molar-refractivity contribution in [3.05, 3.63) is 42.1 Å². The molecule has 1 aromatic carbocycles. The minimum atomic E-state index is 0. The van der Waals surface area contributed by atoms with Crippen LogP contribution in [0.2, 0.25) is 0 Å². The van der Waals surface area contributed by atoms with Gasteiger partial charge in [-0.15, -0.1) is 12.4 Å². The minimum absolute atomic E-state index is 0.